The first-order valence-corrected chi connectivity index (χ1v) is 11.1. The highest BCUT2D eigenvalue weighted by molar-refractivity contribution is 7.99. The van der Waals surface area contributed by atoms with Crippen molar-refractivity contribution in [3.8, 4) is 17.1 Å². The van der Waals surface area contributed by atoms with Crippen molar-refractivity contribution in [1.29, 1.82) is 0 Å². The third kappa shape index (κ3) is 5.83. The first kappa shape index (κ1) is 22.2. The van der Waals surface area contributed by atoms with Crippen LogP contribution in [0.5, 0.6) is 5.75 Å². The van der Waals surface area contributed by atoms with Crippen molar-refractivity contribution in [3.05, 3.63) is 78.9 Å². The number of thioether (sulfide) groups is 1. The van der Waals surface area contributed by atoms with Crippen molar-refractivity contribution in [1.82, 2.24) is 14.8 Å². The first-order valence-electron chi connectivity index (χ1n) is 10.2. The maximum Gasteiger partial charge on any atom is 0.234 e. The second-order valence-electron chi connectivity index (χ2n) is 7.01. The highest BCUT2D eigenvalue weighted by atomic mass is 32.2. The molecule has 0 spiro atoms. The van der Waals surface area contributed by atoms with E-state index in [1.165, 1.54) is 11.8 Å². The van der Waals surface area contributed by atoms with Crippen LogP contribution in [0.4, 0.5) is 17.1 Å². The molecule has 166 valence electrons. The minimum atomic E-state index is -0.132. The number of aromatic nitrogens is 3. The third-order valence-corrected chi connectivity index (χ3v) is 5.72. The quantitative estimate of drug-likeness (QED) is 0.272. The van der Waals surface area contributed by atoms with E-state index in [-0.39, 0.29) is 11.7 Å². The molecule has 0 saturated carbocycles. The Morgan fingerprint density at radius 1 is 0.939 bits per heavy atom. The fourth-order valence-corrected chi connectivity index (χ4v) is 3.69. The van der Waals surface area contributed by atoms with Crippen molar-refractivity contribution in [3.63, 3.8) is 0 Å². The molecule has 0 saturated heterocycles. The molecule has 0 aliphatic carbocycles. The molecule has 9 heteroatoms. The molecule has 1 aromatic heterocycles. The number of hydrogen-bond donors (Lipinski definition) is 1. The molecule has 1 N–H and O–H groups in total. The molecule has 0 aliphatic heterocycles. The van der Waals surface area contributed by atoms with Crippen LogP contribution in [-0.2, 0) is 11.8 Å². The molecule has 0 unspecified atom stereocenters. The van der Waals surface area contributed by atoms with Gasteiger partial charge in [-0.05, 0) is 60.7 Å². The molecular weight excluding hydrogens is 436 g/mol. The Morgan fingerprint density at radius 2 is 1.61 bits per heavy atom. The van der Waals surface area contributed by atoms with Gasteiger partial charge in [-0.2, -0.15) is 10.2 Å². The lowest BCUT2D eigenvalue weighted by Gasteiger charge is -2.06. The van der Waals surface area contributed by atoms with Crippen LogP contribution < -0.4 is 10.1 Å². The van der Waals surface area contributed by atoms with Gasteiger partial charge in [0.1, 0.15) is 5.75 Å². The van der Waals surface area contributed by atoms with E-state index in [1.807, 2.05) is 66.2 Å². The summed E-state index contributed by atoms with van der Waals surface area (Å²) in [7, 11) is 3.51. The van der Waals surface area contributed by atoms with E-state index in [0.29, 0.717) is 16.5 Å². The molecule has 0 fully saturated rings. The van der Waals surface area contributed by atoms with E-state index >= 15 is 0 Å². The molecule has 0 aliphatic rings. The van der Waals surface area contributed by atoms with Crippen molar-refractivity contribution >= 4 is 34.7 Å². The molecule has 0 bridgehead atoms. The zero-order valence-corrected chi connectivity index (χ0v) is 19.0. The number of methoxy groups -OCH3 is 1. The van der Waals surface area contributed by atoms with Gasteiger partial charge in [0.2, 0.25) is 5.91 Å². The maximum atomic E-state index is 12.4. The van der Waals surface area contributed by atoms with E-state index in [9.17, 15) is 4.79 Å². The zero-order valence-electron chi connectivity index (χ0n) is 18.2. The first-order chi connectivity index (χ1) is 16.1. The predicted octanol–water partition coefficient (Wildman–Crippen LogP) is 5.64. The lowest BCUT2D eigenvalue weighted by atomic mass is 10.2. The van der Waals surface area contributed by atoms with Crippen molar-refractivity contribution in [2.24, 2.45) is 17.3 Å². The molecule has 4 aromatic rings. The Hall–Kier alpha value is -3.98. The number of rotatable bonds is 8. The number of anilines is 1. The zero-order chi connectivity index (χ0) is 23.0. The maximum absolute atomic E-state index is 12.4. The third-order valence-electron chi connectivity index (χ3n) is 4.70. The minimum absolute atomic E-state index is 0.132. The highest BCUT2D eigenvalue weighted by Crippen LogP contribution is 2.25. The molecule has 4 rings (SSSR count). The van der Waals surface area contributed by atoms with Crippen molar-refractivity contribution in [2.45, 2.75) is 5.16 Å². The van der Waals surface area contributed by atoms with Crippen LogP contribution in [0.2, 0.25) is 0 Å². The van der Waals surface area contributed by atoms with Gasteiger partial charge >= 0.3 is 0 Å². The van der Waals surface area contributed by atoms with Crippen LogP contribution in [0, 0.1) is 0 Å². The molecule has 33 heavy (non-hydrogen) atoms. The van der Waals surface area contributed by atoms with Gasteiger partial charge in [0.15, 0.2) is 11.0 Å². The molecule has 1 heterocycles. The van der Waals surface area contributed by atoms with Crippen LogP contribution in [0.1, 0.15) is 0 Å². The fourth-order valence-electron chi connectivity index (χ4n) is 2.98. The van der Waals surface area contributed by atoms with Crippen molar-refractivity contribution in [2.75, 3.05) is 18.2 Å². The summed E-state index contributed by atoms with van der Waals surface area (Å²) in [6.07, 6.45) is 0. The number of nitrogens with zero attached hydrogens (tertiary/aromatic N) is 5. The van der Waals surface area contributed by atoms with Crippen LogP contribution in [0.25, 0.3) is 11.4 Å². The molecule has 3 aromatic carbocycles. The monoisotopic (exact) mass is 458 g/mol. The summed E-state index contributed by atoms with van der Waals surface area (Å²) in [6, 6.07) is 24.3. The fraction of sp³-hybridized carbons (Fsp3) is 0.125. The SMILES string of the molecule is COc1ccc(-c2nnc(SCC(=O)Nc3ccc(N=Nc4ccccc4)cc3)n2C)cc1. The predicted molar refractivity (Wildman–Crippen MR) is 129 cm³/mol. The summed E-state index contributed by atoms with van der Waals surface area (Å²) in [5, 5.41) is 20.4. The summed E-state index contributed by atoms with van der Waals surface area (Å²) in [5.41, 5.74) is 3.10. The van der Waals surface area contributed by atoms with Crippen molar-refractivity contribution < 1.29 is 9.53 Å². The Bertz CT molecular complexity index is 1240. The second-order valence-corrected chi connectivity index (χ2v) is 7.96. The second kappa shape index (κ2) is 10.6. The van der Waals surface area contributed by atoms with Crippen LogP contribution in [0.15, 0.2) is 94.2 Å². The summed E-state index contributed by atoms with van der Waals surface area (Å²) < 4.78 is 7.06. The molecule has 8 nitrogen and oxygen atoms in total. The lowest BCUT2D eigenvalue weighted by molar-refractivity contribution is -0.113. The van der Waals surface area contributed by atoms with Gasteiger partial charge in [-0.25, -0.2) is 0 Å². The number of nitrogens with one attached hydrogen (secondary N) is 1. The van der Waals surface area contributed by atoms with Crippen LogP contribution >= 0.6 is 11.8 Å². The summed E-state index contributed by atoms with van der Waals surface area (Å²) in [4.78, 5) is 12.4. The van der Waals surface area contributed by atoms with Crippen LogP contribution in [0.3, 0.4) is 0 Å². The Balaban J connectivity index is 1.31. The topological polar surface area (TPSA) is 93.8 Å². The molecule has 0 atom stereocenters. The number of ether oxygens (including phenoxy) is 1. The number of carbonyl (C=O) groups is 1. The smallest absolute Gasteiger partial charge is 0.234 e. The number of hydrogen-bond acceptors (Lipinski definition) is 7. The number of benzene rings is 3. The largest absolute Gasteiger partial charge is 0.497 e. The summed E-state index contributed by atoms with van der Waals surface area (Å²) in [6.45, 7) is 0. The minimum Gasteiger partial charge on any atom is -0.497 e. The van der Waals surface area contributed by atoms with E-state index in [4.69, 9.17) is 4.74 Å². The van der Waals surface area contributed by atoms with Gasteiger partial charge in [-0.15, -0.1) is 10.2 Å². The molecule has 1 amide bonds. The lowest BCUT2D eigenvalue weighted by Crippen LogP contribution is -2.14. The van der Waals surface area contributed by atoms with E-state index in [2.05, 4.69) is 25.7 Å². The number of carbonyl (C=O) groups excluding carboxylic acids is 1. The summed E-state index contributed by atoms with van der Waals surface area (Å²) >= 11 is 1.33. The van der Waals surface area contributed by atoms with Gasteiger partial charge in [0.05, 0.1) is 24.2 Å². The van der Waals surface area contributed by atoms with Gasteiger partial charge < -0.3 is 14.6 Å². The normalized spacial score (nSPS) is 11.0. The van der Waals surface area contributed by atoms with Gasteiger partial charge in [0.25, 0.3) is 0 Å². The molecular formula is C24H22N6O2S. The van der Waals surface area contributed by atoms with E-state index < -0.39 is 0 Å². The average molecular weight is 459 g/mol. The van der Waals surface area contributed by atoms with Gasteiger partial charge in [-0.3, -0.25) is 4.79 Å². The standard InChI is InChI=1S/C24H22N6O2S/c1-30-23(17-8-14-21(32-2)15-9-17)28-29-24(30)33-16-22(31)25-18-10-12-20(13-11-18)27-26-19-6-4-3-5-7-19/h3-15H,16H2,1-2H3,(H,25,31). The summed E-state index contributed by atoms with van der Waals surface area (Å²) in [5.74, 6) is 1.58. The average Bonchev–Trinajstić information content (AvgIpc) is 3.23. The van der Waals surface area contributed by atoms with Crippen LogP contribution in [-0.4, -0.2) is 33.5 Å². The van der Waals surface area contributed by atoms with E-state index in [1.54, 1.807) is 31.4 Å². The Kier molecular flexibility index (Phi) is 7.11. The number of azo groups is 1. The molecule has 0 radical (unpaired) electrons. The number of amides is 1. The Labute approximate surface area is 195 Å². The highest BCUT2D eigenvalue weighted by Gasteiger charge is 2.13. The van der Waals surface area contributed by atoms with E-state index in [0.717, 1.165) is 22.8 Å². The Morgan fingerprint density at radius 3 is 2.27 bits per heavy atom. The van der Waals surface area contributed by atoms with Gasteiger partial charge in [0, 0.05) is 18.3 Å². The van der Waals surface area contributed by atoms with Gasteiger partial charge in [-0.1, -0.05) is 30.0 Å².